The average molecular weight is 401 g/mol. The van der Waals surface area contributed by atoms with Crippen LogP contribution in [-0.4, -0.2) is 46.2 Å². The molecule has 1 aliphatic heterocycles. The summed E-state index contributed by atoms with van der Waals surface area (Å²) in [6.45, 7) is 18.1. The predicted octanol–water partition coefficient (Wildman–Crippen LogP) is 5.07. The number of esters is 1. The summed E-state index contributed by atoms with van der Waals surface area (Å²) in [5.74, 6) is -1.19. The van der Waals surface area contributed by atoms with Crippen molar-refractivity contribution in [3.63, 3.8) is 0 Å². The number of unbranched alkanes of at least 4 members (excludes halogenated alkanes) is 1. The Labute approximate surface area is 162 Å². The van der Waals surface area contributed by atoms with E-state index < -0.39 is 21.9 Å². The van der Waals surface area contributed by atoms with Gasteiger partial charge in [-0.15, -0.1) is 0 Å². The maximum atomic E-state index is 10.4. The van der Waals surface area contributed by atoms with Crippen LogP contribution in [0.1, 0.15) is 39.5 Å². The molecule has 0 spiro atoms. The first-order valence-corrected chi connectivity index (χ1v) is 16.8. The van der Waals surface area contributed by atoms with Crippen LogP contribution in [0.2, 0.25) is 39.3 Å². The van der Waals surface area contributed by atoms with Gasteiger partial charge in [0.1, 0.15) is 0 Å². The van der Waals surface area contributed by atoms with Crippen LogP contribution in [0.15, 0.2) is 23.0 Å². The Balaban J connectivity index is 0.000000481. The second-order valence-corrected chi connectivity index (χ2v) is 19.3. The fourth-order valence-electron chi connectivity index (χ4n) is 2.44. The molecule has 0 aromatic rings. The van der Waals surface area contributed by atoms with Crippen molar-refractivity contribution < 1.29 is 19.4 Å². The summed E-state index contributed by atoms with van der Waals surface area (Å²) in [7, 11) is -2.26. The number of ether oxygens (including phenoxy) is 2. The van der Waals surface area contributed by atoms with Crippen LogP contribution < -0.4 is 0 Å². The first kappa shape index (κ1) is 25.3. The predicted molar refractivity (Wildman–Crippen MR) is 116 cm³/mol. The normalized spacial score (nSPS) is 22.9. The summed E-state index contributed by atoms with van der Waals surface area (Å²) in [6.07, 6.45) is 6.16. The molecule has 0 aromatic heterocycles. The zero-order valence-electron chi connectivity index (χ0n) is 18.1. The highest BCUT2D eigenvalue weighted by atomic mass is 28.3. The fourth-order valence-corrected chi connectivity index (χ4v) is 4.77. The highest BCUT2D eigenvalue weighted by Gasteiger charge is 2.31. The van der Waals surface area contributed by atoms with E-state index in [0.717, 1.165) is 31.3 Å². The van der Waals surface area contributed by atoms with Gasteiger partial charge in [0, 0.05) is 6.92 Å². The Bertz CT molecular complexity index is 483. The van der Waals surface area contributed by atoms with Crippen LogP contribution in [0.5, 0.6) is 0 Å². The molecule has 0 bridgehead atoms. The summed E-state index contributed by atoms with van der Waals surface area (Å²) >= 11 is 0. The van der Waals surface area contributed by atoms with Gasteiger partial charge in [0.05, 0.1) is 29.4 Å². The van der Waals surface area contributed by atoms with Crippen molar-refractivity contribution in [2.24, 2.45) is 0 Å². The molecule has 26 heavy (non-hydrogen) atoms. The average Bonchev–Trinajstić information content (AvgIpc) is 2.43. The van der Waals surface area contributed by atoms with Crippen molar-refractivity contribution in [3.05, 3.63) is 23.0 Å². The van der Waals surface area contributed by atoms with E-state index in [1.54, 1.807) is 6.92 Å². The number of hydrogen-bond acceptors (Lipinski definition) is 4. The third kappa shape index (κ3) is 14.5. The largest absolute Gasteiger partial charge is 0.466 e. The second kappa shape index (κ2) is 11.2. The van der Waals surface area contributed by atoms with E-state index in [1.165, 1.54) is 6.92 Å². The molecule has 152 valence electrons. The quantitative estimate of drug-likeness (QED) is 0.384. The molecule has 1 atom stereocenters. The van der Waals surface area contributed by atoms with Crippen molar-refractivity contribution in [2.75, 3.05) is 13.2 Å². The number of carbonyl (C=O) groups excluding carboxylic acids is 1. The molecule has 0 aromatic carbocycles. The summed E-state index contributed by atoms with van der Waals surface area (Å²) in [6, 6.07) is 0. The summed E-state index contributed by atoms with van der Waals surface area (Å²) in [4.78, 5) is 10.4. The van der Waals surface area contributed by atoms with Crippen LogP contribution in [0.3, 0.4) is 0 Å². The molecular weight excluding hydrogens is 360 g/mol. The van der Waals surface area contributed by atoms with E-state index in [1.807, 2.05) is 0 Å². The molecule has 1 aliphatic rings. The maximum Gasteiger partial charge on any atom is 0.302 e. The van der Waals surface area contributed by atoms with Gasteiger partial charge in [0.2, 0.25) is 0 Å². The molecule has 1 N–H and O–H groups in total. The standard InChI is InChI=1S/2C10H20O2Si/c1-10(11)9(6-5-7-12-10)8-13(2,3)4;1-10(11)12-8-6-5-7-9-13(2,3)4/h8,11H,5-7H2,1-4H3;7,9H,5-6,8H2,1-4H3/b9-8+;9-7-. The molecule has 0 radical (unpaired) electrons. The minimum Gasteiger partial charge on any atom is -0.466 e. The molecule has 6 heteroatoms. The summed E-state index contributed by atoms with van der Waals surface area (Å²) in [5.41, 5.74) is 5.66. The summed E-state index contributed by atoms with van der Waals surface area (Å²) in [5, 5.41) is 9.93. The smallest absolute Gasteiger partial charge is 0.302 e. The number of allylic oxidation sites excluding steroid dienone is 1. The van der Waals surface area contributed by atoms with E-state index >= 15 is 0 Å². The third-order valence-electron chi connectivity index (χ3n) is 3.61. The van der Waals surface area contributed by atoms with Crippen molar-refractivity contribution in [1.29, 1.82) is 0 Å². The van der Waals surface area contributed by atoms with Gasteiger partial charge in [0.15, 0.2) is 5.79 Å². The molecule has 4 nitrogen and oxygen atoms in total. The van der Waals surface area contributed by atoms with Crippen LogP contribution in [0.25, 0.3) is 0 Å². The van der Waals surface area contributed by atoms with Crippen LogP contribution in [0.4, 0.5) is 0 Å². The van der Waals surface area contributed by atoms with Gasteiger partial charge in [-0.05, 0) is 38.2 Å². The van der Waals surface area contributed by atoms with Crippen LogP contribution >= 0.6 is 0 Å². The molecule has 1 rings (SSSR count). The molecule has 1 unspecified atom stereocenters. The minimum atomic E-state index is -1.24. The van der Waals surface area contributed by atoms with Crippen molar-refractivity contribution >= 4 is 22.1 Å². The Hall–Kier alpha value is -0.696. The molecule has 1 saturated heterocycles. The lowest BCUT2D eigenvalue weighted by molar-refractivity contribution is -0.175. The highest BCUT2D eigenvalue weighted by molar-refractivity contribution is 6.81. The molecule has 0 amide bonds. The zero-order chi connectivity index (χ0) is 20.4. The van der Waals surface area contributed by atoms with Crippen molar-refractivity contribution in [3.8, 4) is 0 Å². The van der Waals surface area contributed by atoms with Crippen molar-refractivity contribution in [2.45, 2.75) is 84.6 Å². The first-order chi connectivity index (χ1) is 11.7. The molecule has 1 heterocycles. The Morgan fingerprint density at radius 1 is 1.23 bits per heavy atom. The van der Waals surface area contributed by atoms with Gasteiger partial charge in [0.25, 0.3) is 0 Å². The lowest BCUT2D eigenvalue weighted by Crippen LogP contribution is -2.36. The summed E-state index contributed by atoms with van der Waals surface area (Å²) < 4.78 is 10.1. The molecular formula is C20H40O4Si2. The third-order valence-corrected chi connectivity index (χ3v) is 6.07. The van der Waals surface area contributed by atoms with E-state index in [2.05, 4.69) is 56.8 Å². The van der Waals surface area contributed by atoms with Gasteiger partial charge in [-0.1, -0.05) is 56.8 Å². The molecule has 0 aliphatic carbocycles. The number of hydrogen-bond donors (Lipinski definition) is 1. The van der Waals surface area contributed by atoms with Gasteiger partial charge in [-0.3, -0.25) is 4.79 Å². The minimum absolute atomic E-state index is 0.186. The van der Waals surface area contributed by atoms with E-state index in [-0.39, 0.29) is 5.97 Å². The lowest BCUT2D eigenvalue weighted by Gasteiger charge is -2.33. The highest BCUT2D eigenvalue weighted by Crippen LogP contribution is 2.29. The Morgan fingerprint density at radius 2 is 1.85 bits per heavy atom. The van der Waals surface area contributed by atoms with Crippen molar-refractivity contribution in [1.82, 2.24) is 0 Å². The zero-order valence-corrected chi connectivity index (χ0v) is 20.1. The van der Waals surface area contributed by atoms with Gasteiger partial charge < -0.3 is 14.6 Å². The first-order valence-electron chi connectivity index (χ1n) is 9.62. The molecule has 0 saturated carbocycles. The monoisotopic (exact) mass is 400 g/mol. The van der Waals surface area contributed by atoms with Crippen LogP contribution in [0, 0.1) is 0 Å². The van der Waals surface area contributed by atoms with E-state index in [9.17, 15) is 9.90 Å². The molecule has 1 fully saturated rings. The van der Waals surface area contributed by atoms with Crippen LogP contribution in [-0.2, 0) is 14.3 Å². The van der Waals surface area contributed by atoms with Gasteiger partial charge in [-0.2, -0.15) is 0 Å². The fraction of sp³-hybridized carbons (Fsp3) is 0.750. The van der Waals surface area contributed by atoms with E-state index in [0.29, 0.717) is 13.2 Å². The van der Waals surface area contributed by atoms with Gasteiger partial charge >= 0.3 is 5.97 Å². The number of aliphatic hydroxyl groups is 1. The SMILES string of the molecule is CC(=O)OCCC/C=C\[Si](C)(C)C.CC1(O)OCCC/C1=C\[Si](C)(C)C. The topological polar surface area (TPSA) is 55.8 Å². The second-order valence-electron chi connectivity index (χ2n) is 9.22. The Morgan fingerprint density at radius 3 is 2.31 bits per heavy atom. The Kier molecular flexibility index (Phi) is 10.9. The maximum absolute atomic E-state index is 10.4. The number of rotatable bonds is 6. The lowest BCUT2D eigenvalue weighted by atomic mass is 10.0. The number of carbonyl (C=O) groups is 1. The van der Waals surface area contributed by atoms with E-state index in [4.69, 9.17) is 9.47 Å². The van der Waals surface area contributed by atoms with Gasteiger partial charge in [-0.25, -0.2) is 0 Å².